The van der Waals surface area contributed by atoms with Gasteiger partial charge in [0.2, 0.25) is 0 Å². The van der Waals surface area contributed by atoms with E-state index in [9.17, 15) is 4.79 Å². The van der Waals surface area contributed by atoms with Crippen molar-refractivity contribution in [3.63, 3.8) is 0 Å². The van der Waals surface area contributed by atoms with Crippen LogP contribution in [0, 0.1) is 0 Å². The molecule has 0 aromatic rings. The van der Waals surface area contributed by atoms with Crippen LogP contribution >= 0.6 is 0 Å². The largest absolute Gasteiger partial charge is 0.385 e. The molecule has 2 nitrogen and oxygen atoms in total. The van der Waals surface area contributed by atoms with Crippen molar-refractivity contribution in [3.8, 4) is 0 Å². The van der Waals surface area contributed by atoms with E-state index in [4.69, 9.17) is 4.74 Å². The first-order valence-electron chi connectivity index (χ1n) is 5.34. The van der Waals surface area contributed by atoms with Gasteiger partial charge in [0.15, 0.2) is 0 Å². The Bertz CT molecular complexity index is 102. The molecule has 78 valence electrons. The van der Waals surface area contributed by atoms with Crippen LogP contribution in [-0.2, 0) is 9.53 Å². The van der Waals surface area contributed by atoms with Gasteiger partial charge in [0.1, 0.15) is 6.29 Å². The Kier molecular flexibility index (Phi) is 11.3. The van der Waals surface area contributed by atoms with Gasteiger partial charge in [0, 0.05) is 20.1 Å². The van der Waals surface area contributed by atoms with Gasteiger partial charge in [-0.2, -0.15) is 0 Å². The van der Waals surface area contributed by atoms with E-state index in [1.807, 2.05) is 0 Å². The predicted octanol–water partition coefficient (Wildman–Crippen LogP) is 2.95. The van der Waals surface area contributed by atoms with E-state index < -0.39 is 0 Å². The van der Waals surface area contributed by atoms with E-state index in [1.165, 1.54) is 38.5 Å². The molecule has 0 saturated heterocycles. The molecule has 2 heteroatoms. The fourth-order valence-corrected chi connectivity index (χ4v) is 1.36. The van der Waals surface area contributed by atoms with Crippen molar-refractivity contribution in [2.45, 2.75) is 51.4 Å². The van der Waals surface area contributed by atoms with Gasteiger partial charge in [-0.15, -0.1) is 0 Å². The Morgan fingerprint density at radius 1 is 0.923 bits per heavy atom. The summed E-state index contributed by atoms with van der Waals surface area (Å²) in [5, 5.41) is 0. The first kappa shape index (κ1) is 12.6. The van der Waals surface area contributed by atoms with Gasteiger partial charge in [-0.25, -0.2) is 0 Å². The maximum Gasteiger partial charge on any atom is 0.119 e. The third-order valence-electron chi connectivity index (χ3n) is 2.17. The third-order valence-corrected chi connectivity index (χ3v) is 2.17. The van der Waals surface area contributed by atoms with E-state index in [1.54, 1.807) is 7.11 Å². The molecule has 0 heterocycles. The van der Waals surface area contributed by atoms with Crippen molar-refractivity contribution in [2.24, 2.45) is 0 Å². The summed E-state index contributed by atoms with van der Waals surface area (Å²) >= 11 is 0. The number of carbonyl (C=O) groups excluding carboxylic acids is 1. The van der Waals surface area contributed by atoms with Crippen molar-refractivity contribution >= 4 is 6.29 Å². The molecule has 0 N–H and O–H groups in total. The fraction of sp³-hybridized carbons (Fsp3) is 0.909. The van der Waals surface area contributed by atoms with Gasteiger partial charge in [-0.3, -0.25) is 0 Å². The quantitative estimate of drug-likeness (QED) is 0.387. The SMILES string of the molecule is COCCCCCCCCCC=O. The maximum atomic E-state index is 10.00. The molecule has 0 radical (unpaired) electrons. The molecule has 0 amide bonds. The second-order valence-corrected chi connectivity index (χ2v) is 3.42. The molecule has 0 aliphatic rings. The number of carbonyl (C=O) groups is 1. The van der Waals surface area contributed by atoms with Crippen molar-refractivity contribution in [2.75, 3.05) is 13.7 Å². The summed E-state index contributed by atoms with van der Waals surface area (Å²) in [5.74, 6) is 0. The van der Waals surface area contributed by atoms with Gasteiger partial charge >= 0.3 is 0 Å². The Balaban J connectivity index is 2.79. The molecule has 0 rings (SSSR count). The van der Waals surface area contributed by atoms with Gasteiger partial charge in [-0.05, 0) is 12.8 Å². The zero-order chi connectivity index (χ0) is 9.78. The lowest BCUT2D eigenvalue weighted by Gasteiger charge is -2.00. The van der Waals surface area contributed by atoms with E-state index in [-0.39, 0.29) is 0 Å². The lowest BCUT2D eigenvalue weighted by molar-refractivity contribution is -0.107. The van der Waals surface area contributed by atoms with Crippen LogP contribution in [0.3, 0.4) is 0 Å². The molecule has 0 bridgehead atoms. The average Bonchev–Trinajstić information content (AvgIpc) is 2.16. The monoisotopic (exact) mass is 186 g/mol. The number of aldehydes is 1. The summed E-state index contributed by atoms with van der Waals surface area (Å²) in [4.78, 5) is 10.00. The minimum absolute atomic E-state index is 0.740. The van der Waals surface area contributed by atoms with Crippen molar-refractivity contribution in [3.05, 3.63) is 0 Å². The van der Waals surface area contributed by atoms with Gasteiger partial charge in [-0.1, -0.05) is 32.1 Å². The summed E-state index contributed by atoms with van der Waals surface area (Å²) in [6.45, 7) is 0.894. The molecule has 0 unspecified atom stereocenters. The smallest absolute Gasteiger partial charge is 0.119 e. The summed E-state index contributed by atoms with van der Waals surface area (Å²) in [6, 6.07) is 0. The molecule has 0 aromatic carbocycles. The number of methoxy groups -OCH3 is 1. The van der Waals surface area contributed by atoms with Crippen molar-refractivity contribution in [1.29, 1.82) is 0 Å². The summed E-state index contributed by atoms with van der Waals surface area (Å²) in [6.07, 6.45) is 10.4. The molecular formula is C11H22O2. The third kappa shape index (κ3) is 11.6. The summed E-state index contributed by atoms with van der Waals surface area (Å²) < 4.78 is 4.96. The van der Waals surface area contributed by atoms with Crippen LogP contribution < -0.4 is 0 Å². The van der Waals surface area contributed by atoms with Crippen molar-refractivity contribution < 1.29 is 9.53 Å². The predicted molar refractivity (Wildman–Crippen MR) is 54.9 cm³/mol. The first-order valence-corrected chi connectivity index (χ1v) is 5.34. The average molecular weight is 186 g/mol. The van der Waals surface area contributed by atoms with Crippen LogP contribution in [-0.4, -0.2) is 20.0 Å². The molecule has 0 spiro atoms. The van der Waals surface area contributed by atoms with Crippen molar-refractivity contribution in [1.82, 2.24) is 0 Å². The molecular weight excluding hydrogens is 164 g/mol. The molecule has 0 fully saturated rings. The minimum atomic E-state index is 0.740. The van der Waals surface area contributed by atoms with Gasteiger partial charge in [0.05, 0.1) is 0 Å². The van der Waals surface area contributed by atoms with E-state index in [0.717, 1.165) is 25.7 Å². The zero-order valence-electron chi connectivity index (χ0n) is 8.76. The van der Waals surface area contributed by atoms with Gasteiger partial charge in [0.25, 0.3) is 0 Å². The molecule has 0 atom stereocenters. The molecule has 13 heavy (non-hydrogen) atoms. The molecule has 0 saturated carbocycles. The van der Waals surface area contributed by atoms with Gasteiger partial charge < -0.3 is 9.53 Å². The summed E-state index contributed by atoms with van der Waals surface area (Å²) in [5.41, 5.74) is 0. The highest BCUT2D eigenvalue weighted by Gasteiger charge is 1.91. The fourth-order valence-electron chi connectivity index (χ4n) is 1.36. The molecule has 0 aromatic heterocycles. The topological polar surface area (TPSA) is 26.3 Å². The van der Waals surface area contributed by atoms with E-state index >= 15 is 0 Å². The lowest BCUT2D eigenvalue weighted by atomic mass is 10.1. The molecule has 0 aliphatic carbocycles. The number of rotatable bonds is 10. The van der Waals surface area contributed by atoms with Crippen LogP contribution in [0.15, 0.2) is 0 Å². The Labute approximate surface area is 81.7 Å². The number of hydrogen-bond donors (Lipinski definition) is 0. The minimum Gasteiger partial charge on any atom is -0.385 e. The maximum absolute atomic E-state index is 10.00. The van der Waals surface area contributed by atoms with Crippen LogP contribution in [0.4, 0.5) is 0 Å². The Hall–Kier alpha value is -0.370. The number of unbranched alkanes of at least 4 members (excludes halogenated alkanes) is 7. The van der Waals surface area contributed by atoms with E-state index in [0.29, 0.717) is 0 Å². The summed E-state index contributed by atoms with van der Waals surface area (Å²) in [7, 11) is 1.75. The standard InChI is InChI=1S/C11H22O2/c1-13-11-9-7-5-3-2-4-6-8-10-12/h10H,2-9,11H2,1H3. The second kappa shape index (κ2) is 11.6. The molecule has 0 aliphatic heterocycles. The highest BCUT2D eigenvalue weighted by Crippen LogP contribution is 2.07. The normalized spacial score (nSPS) is 10.2. The Morgan fingerprint density at radius 3 is 2.00 bits per heavy atom. The lowest BCUT2D eigenvalue weighted by Crippen LogP contribution is -1.88. The first-order chi connectivity index (χ1) is 6.41. The highest BCUT2D eigenvalue weighted by atomic mass is 16.5. The van der Waals surface area contributed by atoms with Crippen LogP contribution in [0.1, 0.15) is 51.4 Å². The number of hydrogen-bond acceptors (Lipinski definition) is 2. The second-order valence-electron chi connectivity index (χ2n) is 3.42. The van der Waals surface area contributed by atoms with E-state index in [2.05, 4.69) is 0 Å². The van der Waals surface area contributed by atoms with Crippen LogP contribution in [0.2, 0.25) is 0 Å². The zero-order valence-corrected chi connectivity index (χ0v) is 8.76. The van der Waals surface area contributed by atoms with Crippen LogP contribution in [0.25, 0.3) is 0 Å². The Morgan fingerprint density at radius 2 is 1.46 bits per heavy atom. The highest BCUT2D eigenvalue weighted by molar-refractivity contribution is 5.48. The number of ether oxygens (including phenoxy) is 1. The van der Waals surface area contributed by atoms with Crippen LogP contribution in [0.5, 0.6) is 0 Å².